The van der Waals surface area contributed by atoms with Crippen LogP contribution in [-0.2, 0) is 17.6 Å². The van der Waals surface area contributed by atoms with Gasteiger partial charge in [-0.15, -0.1) is 0 Å². The lowest BCUT2D eigenvalue weighted by atomic mass is 10.1. The van der Waals surface area contributed by atoms with Gasteiger partial charge in [-0.3, -0.25) is 14.2 Å². The molecule has 1 aliphatic carbocycles. The maximum absolute atomic E-state index is 12.6. The minimum Gasteiger partial charge on any atom is -0.351 e. The molecule has 1 aromatic rings. The van der Waals surface area contributed by atoms with E-state index in [1.54, 1.807) is 16.3 Å². The zero-order chi connectivity index (χ0) is 15.2. The molecule has 114 valence electrons. The SMILES string of the molecule is CC(C)(C)NC(=O)CC1CSc2nc3c(c(=O)n21)CCC3. The van der Waals surface area contributed by atoms with Crippen LogP contribution in [0.2, 0.25) is 0 Å². The standard InChI is InChI=1S/C15H21N3O2S/c1-15(2,3)17-12(19)7-9-8-21-14-16-11-6-4-5-10(11)13(20)18(9)14/h9H,4-8H2,1-3H3,(H,17,19). The third kappa shape index (κ3) is 2.86. The van der Waals surface area contributed by atoms with Gasteiger partial charge in [0.2, 0.25) is 5.91 Å². The molecule has 1 unspecified atom stereocenters. The van der Waals surface area contributed by atoms with Crippen LogP contribution in [0.25, 0.3) is 0 Å². The summed E-state index contributed by atoms with van der Waals surface area (Å²) in [6.07, 6.45) is 3.10. The number of nitrogens with one attached hydrogen (secondary N) is 1. The van der Waals surface area contributed by atoms with Crippen LogP contribution < -0.4 is 10.9 Å². The number of aromatic nitrogens is 2. The van der Waals surface area contributed by atoms with Crippen LogP contribution >= 0.6 is 11.8 Å². The number of aryl methyl sites for hydroxylation is 1. The largest absolute Gasteiger partial charge is 0.351 e. The predicted octanol–water partition coefficient (Wildman–Crippen LogP) is 1.68. The Labute approximate surface area is 128 Å². The summed E-state index contributed by atoms with van der Waals surface area (Å²) in [5, 5.41) is 3.75. The smallest absolute Gasteiger partial charge is 0.257 e. The molecule has 0 radical (unpaired) electrons. The van der Waals surface area contributed by atoms with Crippen molar-refractivity contribution in [3.05, 3.63) is 21.6 Å². The van der Waals surface area contributed by atoms with Crippen molar-refractivity contribution >= 4 is 17.7 Å². The Morgan fingerprint density at radius 3 is 2.90 bits per heavy atom. The van der Waals surface area contributed by atoms with Crippen LogP contribution in [0, 0.1) is 0 Å². The number of rotatable bonds is 2. The van der Waals surface area contributed by atoms with E-state index in [1.807, 2.05) is 20.8 Å². The molecule has 0 saturated heterocycles. The minimum atomic E-state index is -0.243. The summed E-state index contributed by atoms with van der Waals surface area (Å²) in [4.78, 5) is 29.3. The van der Waals surface area contributed by atoms with Crippen molar-refractivity contribution in [1.82, 2.24) is 14.9 Å². The van der Waals surface area contributed by atoms with Crippen LogP contribution in [0.4, 0.5) is 0 Å². The Bertz CT molecular complexity index is 646. The monoisotopic (exact) mass is 307 g/mol. The topological polar surface area (TPSA) is 64.0 Å². The quantitative estimate of drug-likeness (QED) is 0.845. The number of fused-ring (bicyclic) bond motifs is 2. The average Bonchev–Trinajstić information content (AvgIpc) is 2.94. The maximum Gasteiger partial charge on any atom is 0.257 e. The Hall–Kier alpha value is -1.30. The van der Waals surface area contributed by atoms with E-state index in [0.29, 0.717) is 6.42 Å². The highest BCUT2D eigenvalue weighted by Gasteiger charge is 2.31. The molecule has 0 aromatic carbocycles. The Kier molecular flexibility index (Phi) is 3.59. The Morgan fingerprint density at radius 2 is 2.19 bits per heavy atom. The molecule has 0 saturated carbocycles. The van der Waals surface area contributed by atoms with Gasteiger partial charge in [-0.2, -0.15) is 0 Å². The van der Waals surface area contributed by atoms with E-state index in [0.717, 1.165) is 41.4 Å². The molecule has 0 spiro atoms. The molecule has 2 aliphatic rings. The molecular formula is C15H21N3O2S. The van der Waals surface area contributed by atoms with Gasteiger partial charge in [0.05, 0.1) is 11.7 Å². The molecule has 1 N–H and O–H groups in total. The number of hydrogen-bond donors (Lipinski definition) is 1. The second kappa shape index (κ2) is 5.16. The fourth-order valence-corrected chi connectivity index (χ4v) is 4.14. The van der Waals surface area contributed by atoms with E-state index < -0.39 is 0 Å². The number of carbonyl (C=O) groups excluding carboxylic acids is 1. The average molecular weight is 307 g/mol. The highest BCUT2D eigenvalue weighted by atomic mass is 32.2. The maximum atomic E-state index is 12.6. The fraction of sp³-hybridized carbons (Fsp3) is 0.667. The first-order valence-electron chi connectivity index (χ1n) is 7.43. The van der Waals surface area contributed by atoms with Crippen molar-refractivity contribution in [3.8, 4) is 0 Å². The second-order valence-electron chi connectivity index (χ2n) is 6.82. The molecule has 0 bridgehead atoms. The van der Waals surface area contributed by atoms with Gasteiger partial charge in [0.15, 0.2) is 5.16 Å². The summed E-state index contributed by atoms with van der Waals surface area (Å²) in [6.45, 7) is 5.88. The van der Waals surface area contributed by atoms with E-state index in [2.05, 4.69) is 10.3 Å². The first kappa shape index (κ1) is 14.6. The van der Waals surface area contributed by atoms with E-state index >= 15 is 0 Å². The third-order valence-corrected chi connectivity index (χ3v) is 4.91. The lowest BCUT2D eigenvalue weighted by molar-refractivity contribution is -0.123. The molecule has 6 heteroatoms. The number of hydrogen-bond acceptors (Lipinski definition) is 4. The second-order valence-corrected chi connectivity index (χ2v) is 7.80. The Balaban J connectivity index is 1.84. The summed E-state index contributed by atoms with van der Waals surface area (Å²) in [6, 6.07) is -0.0711. The van der Waals surface area contributed by atoms with E-state index in [9.17, 15) is 9.59 Å². The van der Waals surface area contributed by atoms with E-state index in [-0.39, 0.29) is 23.0 Å². The van der Waals surface area contributed by atoms with Gasteiger partial charge in [-0.25, -0.2) is 4.98 Å². The summed E-state index contributed by atoms with van der Waals surface area (Å²) >= 11 is 1.59. The van der Waals surface area contributed by atoms with E-state index in [4.69, 9.17) is 0 Å². The van der Waals surface area contributed by atoms with Gasteiger partial charge in [0.25, 0.3) is 5.56 Å². The van der Waals surface area contributed by atoms with Gasteiger partial charge in [0, 0.05) is 23.3 Å². The molecule has 1 aromatic heterocycles. The van der Waals surface area contributed by atoms with Crippen molar-refractivity contribution in [2.24, 2.45) is 0 Å². The number of carbonyl (C=O) groups is 1. The highest BCUT2D eigenvalue weighted by Crippen LogP contribution is 2.33. The lowest BCUT2D eigenvalue weighted by Crippen LogP contribution is -2.42. The van der Waals surface area contributed by atoms with Crippen molar-refractivity contribution in [2.45, 2.75) is 63.2 Å². The van der Waals surface area contributed by atoms with Crippen LogP contribution in [-0.4, -0.2) is 26.8 Å². The van der Waals surface area contributed by atoms with Gasteiger partial charge in [-0.1, -0.05) is 11.8 Å². The number of amides is 1. The van der Waals surface area contributed by atoms with E-state index in [1.165, 1.54) is 0 Å². The van der Waals surface area contributed by atoms with Gasteiger partial charge < -0.3 is 5.32 Å². The lowest BCUT2D eigenvalue weighted by Gasteiger charge is -2.22. The molecular weight excluding hydrogens is 286 g/mol. The zero-order valence-corrected chi connectivity index (χ0v) is 13.5. The molecule has 1 atom stereocenters. The van der Waals surface area contributed by atoms with Crippen molar-refractivity contribution in [2.75, 3.05) is 5.75 Å². The molecule has 1 amide bonds. The first-order valence-corrected chi connectivity index (χ1v) is 8.42. The van der Waals surface area contributed by atoms with Gasteiger partial charge in [-0.05, 0) is 40.0 Å². The normalized spacial score (nSPS) is 20.2. The van der Waals surface area contributed by atoms with Gasteiger partial charge >= 0.3 is 0 Å². The van der Waals surface area contributed by atoms with Crippen molar-refractivity contribution in [3.63, 3.8) is 0 Å². The Morgan fingerprint density at radius 1 is 1.43 bits per heavy atom. The molecule has 2 heterocycles. The van der Waals surface area contributed by atoms with Crippen LogP contribution in [0.15, 0.2) is 9.95 Å². The third-order valence-electron chi connectivity index (χ3n) is 3.81. The minimum absolute atomic E-state index is 0.00616. The summed E-state index contributed by atoms with van der Waals surface area (Å²) in [5.74, 6) is 0.747. The number of thioether (sulfide) groups is 1. The van der Waals surface area contributed by atoms with Crippen molar-refractivity contribution < 1.29 is 4.79 Å². The number of nitrogens with zero attached hydrogens (tertiary/aromatic N) is 2. The predicted molar refractivity (Wildman–Crippen MR) is 82.8 cm³/mol. The summed E-state index contributed by atoms with van der Waals surface area (Å²) < 4.78 is 1.75. The molecule has 0 fully saturated rings. The molecule has 1 aliphatic heterocycles. The summed E-state index contributed by atoms with van der Waals surface area (Å²) in [5.41, 5.74) is 1.67. The molecule has 5 nitrogen and oxygen atoms in total. The van der Waals surface area contributed by atoms with Crippen LogP contribution in [0.5, 0.6) is 0 Å². The fourth-order valence-electron chi connectivity index (χ4n) is 2.99. The molecule has 21 heavy (non-hydrogen) atoms. The zero-order valence-electron chi connectivity index (χ0n) is 12.7. The van der Waals surface area contributed by atoms with Crippen LogP contribution in [0.3, 0.4) is 0 Å². The van der Waals surface area contributed by atoms with Crippen LogP contribution in [0.1, 0.15) is 50.9 Å². The van der Waals surface area contributed by atoms with Crippen molar-refractivity contribution in [1.29, 1.82) is 0 Å². The molecule has 3 rings (SSSR count). The van der Waals surface area contributed by atoms with Gasteiger partial charge in [0.1, 0.15) is 0 Å². The first-order chi connectivity index (χ1) is 9.85. The summed E-state index contributed by atoms with van der Waals surface area (Å²) in [7, 11) is 0. The highest BCUT2D eigenvalue weighted by molar-refractivity contribution is 7.99.